The van der Waals surface area contributed by atoms with Crippen molar-refractivity contribution in [3.63, 3.8) is 0 Å². The van der Waals surface area contributed by atoms with Crippen molar-refractivity contribution in [1.29, 1.82) is 0 Å². The zero-order valence-corrected chi connectivity index (χ0v) is 21.9. The van der Waals surface area contributed by atoms with E-state index in [0.29, 0.717) is 24.5 Å². The molecule has 6 heteroatoms. The first-order valence-electron chi connectivity index (χ1n) is 13.5. The van der Waals surface area contributed by atoms with Gasteiger partial charge in [-0.3, -0.25) is 4.79 Å². The molecule has 192 valence electrons. The van der Waals surface area contributed by atoms with Gasteiger partial charge in [0.05, 0.1) is 5.52 Å². The highest BCUT2D eigenvalue weighted by molar-refractivity contribution is 6.10. The fourth-order valence-corrected chi connectivity index (χ4v) is 5.66. The molecule has 1 fully saturated rings. The number of anilines is 2. The third-order valence-electron chi connectivity index (χ3n) is 7.73. The quantitative estimate of drug-likeness (QED) is 0.262. The summed E-state index contributed by atoms with van der Waals surface area (Å²) in [5, 5.41) is 12.3. The highest BCUT2D eigenvalue weighted by atomic mass is 16.1. The molecule has 0 unspecified atom stereocenters. The Balaban J connectivity index is 1.08. The summed E-state index contributed by atoms with van der Waals surface area (Å²) in [5.74, 6) is 2.10. The number of rotatable bonds is 6. The predicted molar refractivity (Wildman–Crippen MR) is 157 cm³/mol. The number of nitrogens with zero attached hydrogens (tertiary/aromatic N) is 3. The van der Waals surface area contributed by atoms with E-state index in [1.165, 1.54) is 5.39 Å². The van der Waals surface area contributed by atoms with Gasteiger partial charge in [0.25, 0.3) is 5.91 Å². The van der Waals surface area contributed by atoms with E-state index in [9.17, 15) is 4.79 Å². The third kappa shape index (κ3) is 4.86. The molecule has 1 saturated carbocycles. The summed E-state index contributed by atoms with van der Waals surface area (Å²) in [5.41, 5.74) is 1.69. The molecule has 6 nitrogen and oxygen atoms in total. The first-order valence-corrected chi connectivity index (χ1v) is 13.5. The molecule has 0 atom stereocenters. The minimum absolute atomic E-state index is 0.00640. The highest BCUT2D eigenvalue weighted by Crippen LogP contribution is 2.29. The molecule has 38 heavy (non-hydrogen) atoms. The Kier molecular flexibility index (Phi) is 6.54. The second-order valence-corrected chi connectivity index (χ2v) is 10.6. The minimum atomic E-state index is 0.00640. The summed E-state index contributed by atoms with van der Waals surface area (Å²) in [6.45, 7) is 0.701. The first kappa shape index (κ1) is 24.2. The monoisotopic (exact) mass is 503 g/mol. The molecule has 4 aromatic carbocycles. The van der Waals surface area contributed by atoms with E-state index in [0.717, 1.165) is 64.1 Å². The summed E-state index contributed by atoms with van der Waals surface area (Å²) in [7, 11) is 4.02. The van der Waals surface area contributed by atoms with Crippen molar-refractivity contribution in [3.8, 4) is 0 Å². The average Bonchev–Trinajstić information content (AvgIpc) is 2.94. The van der Waals surface area contributed by atoms with Crippen molar-refractivity contribution in [2.45, 2.75) is 31.7 Å². The SMILES string of the molecule is CN(C)c1nc(N[C@H]2CC[C@@H](CNC(=O)c3cccc4cc5ccccc5cc34)CC2)nc2ccccc12. The Morgan fingerprint density at radius 2 is 1.53 bits per heavy atom. The summed E-state index contributed by atoms with van der Waals surface area (Å²) in [4.78, 5) is 24.8. The van der Waals surface area contributed by atoms with Crippen LogP contribution in [0.15, 0.2) is 78.9 Å². The number of carbonyl (C=O) groups excluding carboxylic acids is 1. The largest absolute Gasteiger partial charge is 0.362 e. The molecule has 6 rings (SSSR count). The Morgan fingerprint density at radius 1 is 0.816 bits per heavy atom. The summed E-state index contributed by atoms with van der Waals surface area (Å²) in [6.07, 6.45) is 4.20. The topological polar surface area (TPSA) is 70.2 Å². The Bertz CT molecular complexity index is 1620. The van der Waals surface area contributed by atoms with E-state index in [1.807, 2.05) is 61.5 Å². The van der Waals surface area contributed by atoms with Crippen LogP contribution < -0.4 is 15.5 Å². The van der Waals surface area contributed by atoms with Crippen molar-refractivity contribution in [2.75, 3.05) is 30.9 Å². The Labute approximate surface area is 223 Å². The van der Waals surface area contributed by atoms with Crippen LogP contribution in [0.5, 0.6) is 0 Å². The number of para-hydroxylation sites is 1. The van der Waals surface area contributed by atoms with Crippen LogP contribution in [0.2, 0.25) is 0 Å². The van der Waals surface area contributed by atoms with E-state index in [2.05, 4.69) is 47.0 Å². The third-order valence-corrected chi connectivity index (χ3v) is 7.73. The molecule has 2 N–H and O–H groups in total. The van der Waals surface area contributed by atoms with Gasteiger partial charge in [-0.25, -0.2) is 4.98 Å². The lowest BCUT2D eigenvalue weighted by molar-refractivity contribution is 0.0945. The van der Waals surface area contributed by atoms with Gasteiger partial charge in [0.2, 0.25) is 5.95 Å². The smallest absolute Gasteiger partial charge is 0.251 e. The fourth-order valence-electron chi connectivity index (χ4n) is 5.66. The molecule has 0 radical (unpaired) electrons. The van der Waals surface area contributed by atoms with Crippen LogP contribution in [-0.4, -0.2) is 42.6 Å². The van der Waals surface area contributed by atoms with Crippen LogP contribution in [0.25, 0.3) is 32.4 Å². The van der Waals surface area contributed by atoms with Crippen molar-refractivity contribution in [3.05, 3.63) is 84.4 Å². The van der Waals surface area contributed by atoms with Gasteiger partial charge in [-0.1, -0.05) is 48.5 Å². The molecule has 0 aliphatic heterocycles. The lowest BCUT2D eigenvalue weighted by Crippen LogP contribution is -2.34. The molecule has 1 aliphatic rings. The molecule has 1 amide bonds. The number of hydrogen-bond acceptors (Lipinski definition) is 5. The van der Waals surface area contributed by atoms with E-state index in [1.54, 1.807) is 0 Å². The molecule has 0 saturated heterocycles. The van der Waals surface area contributed by atoms with Gasteiger partial charge in [-0.15, -0.1) is 0 Å². The molecule has 0 spiro atoms. The standard InChI is InChI=1S/C32H33N5O/c1-37(2)30-27-11-5-6-13-29(27)35-32(36-30)34-25-16-14-21(15-17-25)20-33-31(38)26-12-7-10-24-18-22-8-3-4-9-23(22)19-28(24)26/h3-13,18-19,21,25H,14-17,20H2,1-2H3,(H,33,38)(H,34,35,36)/t21-,25+. The summed E-state index contributed by atoms with van der Waals surface area (Å²) >= 11 is 0. The van der Waals surface area contributed by atoms with Gasteiger partial charge >= 0.3 is 0 Å². The van der Waals surface area contributed by atoms with Gasteiger partial charge in [0, 0.05) is 37.6 Å². The normalized spacial score (nSPS) is 17.5. The Hall–Kier alpha value is -4.19. The van der Waals surface area contributed by atoms with E-state index in [-0.39, 0.29) is 5.91 Å². The lowest BCUT2D eigenvalue weighted by Gasteiger charge is -2.29. The first-order chi connectivity index (χ1) is 18.5. The number of aromatic nitrogens is 2. The number of amides is 1. The van der Waals surface area contributed by atoms with Crippen molar-refractivity contribution in [2.24, 2.45) is 5.92 Å². The van der Waals surface area contributed by atoms with Crippen LogP contribution in [0.4, 0.5) is 11.8 Å². The number of carbonyl (C=O) groups is 1. The van der Waals surface area contributed by atoms with Crippen LogP contribution in [-0.2, 0) is 0 Å². The number of benzene rings is 4. The number of hydrogen-bond donors (Lipinski definition) is 2. The van der Waals surface area contributed by atoms with E-state index in [4.69, 9.17) is 9.97 Å². The maximum Gasteiger partial charge on any atom is 0.251 e. The molecule has 1 heterocycles. The van der Waals surface area contributed by atoms with Gasteiger partial charge in [0.1, 0.15) is 5.82 Å². The maximum absolute atomic E-state index is 13.2. The molecular formula is C32H33N5O. The second kappa shape index (κ2) is 10.3. The van der Waals surface area contributed by atoms with Crippen molar-refractivity contribution < 1.29 is 4.79 Å². The number of fused-ring (bicyclic) bond motifs is 3. The van der Waals surface area contributed by atoms with Crippen LogP contribution in [0, 0.1) is 5.92 Å². The summed E-state index contributed by atoms with van der Waals surface area (Å²) in [6, 6.07) is 27.0. The van der Waals surface area contributed by atoms with Crippen molar-refractivity contribution >= 4 is 50.1 Å². The van der Waals surface area contributed by atoms with Crippen LogP contribution >= 0.6 is 0 Å². The van der Waals surface area contributed by atoms with Crippen molar-refractivity contribution in [1.82, 2.24) is 15.3 Å². The van der Waals surface area contributed by atoms with E-state index >= 15 is 0 Å². The zero-order chi connectivity index (χ0) is 26.1. The number of nitrogens with one attached hydrogen (secondary N) is 2. The molecule has 5 aromatic rings. The molecule has 1 aromatic heterocycles. The maximum atomic E-state index is 13.2. The van der Waals surface area contributed by atoms with Gasteiger partial charge in [0.15, 0.2) is 0 Å². The van der Waals surface area contributed by atoms with Gasteiger partial charge in [-0.2, -0.15) is 4.98 Å². The molecule has 1 aliphatic carbocycles. The minimum Gasteiger partial charge on any atom is -0.362 e. The van der Waals surface area contributed by atoms with Crippen LogP contribution in [0.3, 0.4) is 0 Å². The second-order valence-electron chi connectivity index (χ2n) is 10.6. The zero-order valence-electron chi connectivity index (χ0n) is 21.9. The summed E-state index contributed by atoms with van der Waals surface area (Å²) < 4.78 is 0. The highest BCUT2D eigenvalue weighted by Gasteiger charge is 2.23. The fraction of sp³-hybridized carbons (Fsp3) is 0.281. The lowest BCUT2D eigenvalue weighted by atomic mass is 9.86. The van der Waals surface area contributed by atoms with Gasteiger partial charge in [-0.05, 0) is 83.5 Å². The Morgan fingerprint density at radius 3 is 2.32 bits per heavy atom. The molecular weight excluding hydrogens is 470 g/mol. The van der Waals surface area contributed by atoms with E-state index < -0.39 is 0 Å². The predicted octanol–water partition coefficient (Wildman–Crippen LogP) is 6.40. The van der Waals surface area contributed by atoms with Gasteiger partial charge < -0.3 is 15.5 Å². The average molecular weight is 504 g/mol. The molecule has 0 bridgehead atoms. The van der Waals surface area contributed by atoms with Crippen LogP contribution in [0.1, 0.15) is 36.0 Å².